The first-order valence-electron chi connectivity index (χ1n) is 4.51. The number of nitro benzene ring substituents is 1. The molecule has 1 aromatic carbocycles. The van der Waals surface area contributed by atoms with Crippen LogP contribution in [0.4, 0.5) is 5.69 Å². The summed E-state index contributed by atoms with van der Waals surface area (Å²) in [4.78, 5) is 20.6. The van der Waals surface area contributed by atoms with E-state index in [1.807, 2.05) is 0 Å². The number of carbonyl (C=O) groups is 1. The lowest BCUT2D eigenvalue weighted by molar-refractivity contribution is -0.384. The minimum absolute atomic E-state index is 0.166. The number of non-ortho nitro benzene ring substituents is 1. The fourth-order valence-electron chi connectivity index (χ4n) is 1.07. The highest BCUT2D eigenvalue weighted by atomic mass is 32.2. The summed E-state index contributed by atoms with van der Waals surface area (Å²) in [6, 6.07) is 4.32. The second-order valence-corrected chi connectivity index (χ2v) is 5.21. The second-order valence-electron chi connectivity index (χ2n) is 3.24. The standard InChI is InChI=1S/C9H10N2O5S/c1-7(12)10(2)17(15,16)9-5-3-8(4-6-9)11(13)14/h3-6H,1-2H3. The van der Waals surface area contributed by atoms with E-state index in [0.29, 0.717) is 4.31 Å². The van der Waals surface area contributed by atoms with Gasteiger partial charge in [0.1, 0.15) is 0 Å². The number of benzene rings is 1. The van der Waals surface area contributed by atoms with Crippen molar-refractivity contribution in [3.63, 3.8) is 0 Å². The van der Waals surface area contributed by atoms with Crippen molar-refractivity contribution in [3.05, 3.63) is 34.4 Å². The Labute approximate surface area is 97.9 Å². The first-order valence-corrected chi connectivity index (χ1v) is 5.95. The minimum atomic E-state index is -3.92. The number of nitro groups is 1. The highest BCUT2D eigenvalue weighted by molar-refractivity contribution is 7.89. The fourth-order valence-corrected chi connectivity index (χ4v) is 2.20. The molecule has 0 bridgehead atoms. The van der Waals surface area contributed by atoms with Crippen LogP contribution in [0.2, 0.25) is 0 Å². The van der Waals surface area contributed by atoms with Crippen LogP contribution in [0.25, 0.3) is 0 Å². The van der Waals surface area contributed by atoms with Crippen LogP contribution in [-0.4, -0.2) is 30.6 Å². The van der Waals surface area contributed by atoms with E-state index in [-0.39, 0.29) is 10.6 Å². The SMILES string of the molecule is CC(=O)N(C)S(=O)(=O)c1ccc([N+](=O)[O-])cc1. The largest absolute Gasteiger partial charge is 0.274 e. The van der Waals surface area contributed by atoms with Gasteiger partial charge in [0, 0.05) is 26.1 Å². The summed E-state index contributed by atoms with van der Waals surface area (Å²) in [6.07, 6.45) is 0. The van der Waals surface area contributed by atoms with E-state index < -0.39 is 20.9 Å². The number of amides is 1. The molecule has 7 nitrogen and oxygen atoms in total. The van der Waals surface area contributed by atoms with Gasteiger partial charge in [-0.15, -0.1) is 0 Å². The highest BCUT2D eigenvalue weighted by Crippen LogP contribution is 2.18. The van der Waals surface area contributed by atoms with E-state index in [1.165, 1.54) is 0 Å². The molecule has 0 radical (unpaired) electrons. The molecule has 8 heteroatoms. The van der Waals surface area contributed by atoms with Crippen LogP contribution < -0.4 is 0 Å². The molecule has 17 heavy (non-hydrogen) atoms. The van der Waals surface area contributed by atoms with Gasteiger partial charge in [-0.25, -0.2) is 12.7 Å². The monoisotopic (exact) mass is 258 g/mol. The first kappa shape index (κ1) is 13.1. The van der Waals surface area contributed by atoms with E-state index in [4.69, 9.17) is 0 Å². The van der Waals surface area contributed by atoms with Crippen LogP contribution in [-0.2, 0) is 14.8 Å². The molecule has 0 spiro atoms. The van der Waals surface area contributed by atoms with E-state index in [1.54, 1.807) is 0 Å². The van der Waals surface area contributed by atoms with Gasteiger partial charge in [-0.05, 0) is 12.1 Å². The summed E-state index contributed by atoms with van der Waals surface area (Å²) in [6.45, 7) is 1.11. The first-order chi connectivity index (χ1) is 7.76. The van der Waals surface area contributed by atoms with Gasteiger partial charge in [0.2, 0.25) is 5.91 Å². The maximum atomic E-state index is 11.8. The van der Waals surface area contributed by atoms with Crippen molar-refractivity contribution in [1.29, 1.82) is 0 Å². The van der Waals surface area contributed by atoms with E-state index in [9.17, 15) is 23.3 Å². The molecule has 1 aromatic rings. The topological polar surface area (TPSA) is 97.6 Å². The Morgan fingerprint density at radius 3 is 2.12 bits per heavy atom. The summed E-state index contributed by atoms with van der Waals surface area (Å²) >= 11 is 0. The molecule has 0 aliphatic rings. The number of hydrogen-bond donors (Lipinski definition) is 0. The smallest absolute Gasteiger partial charge is 0.269 e. The summed E-state index contributed by atoms with van der Waals surface area (Å²) in [7, 11) is -2.80. The maximum Gasteiger partial charge on any atom is 0.269 e. The van der Waals surface area contributed by atoms with Gasteiger partial charge in [-0.3, -0.25) is 14.9 Å². The lowest BCUT2D eigenvalue weighted by Gasteiger charge is -2.14. The van der Waals surface area contributed by atoms with Crippen LogP contribution in [0.5, 0.6) is 0 Å². The van der Waals surface area contributed by atoms with Crippen LogP contribution >= 0.6 is 0 Å². The molecule has 0 heterocycles. The van der Waals surface area contributed by atoms with Gasteiger partial charge in [-0.1, -0.05) is 0 Å². The lowest BCUT2D eigenvalue weighted by atomic mass is 10.3. The predicted molar refractivity (Wildman–Crippen MR) is 58.7 cm³/mol. The van der Waals surface area contributed by atoms with Crippen molar-refractivity contribution >= 4 is 21.6 Å². The van der Waals surface area contributed by atoms with Crippen molar-refractivity contribution in [2.75, 3.05) is 7.05 Å². The molecule has 0 unspecified atom stereocenters. The molecule has 0 fully saturated rings. The molecule has 0 atom stereocenters. The predicted octanol–water partition coefficient (Wildman–Crippen LogP) is 0.762. The summed E-state index contributed by atoms with van der Waals surface area (Å²) in [5.41, 5.74) is -0.213. The Balaban J connectivity index is 3.17. The molecule has 0 N–H and O–H groups in total. The lowest BCUT2D eigenvalue weighted by Crippen LogP contribution is -2.31. The Hall–Kier alpha value is -1.96. The van der Waals surface area contributed by atoms with Gasteiger partial charge < -0.3 is 0 Å². The van der Waals surface area contributed by atoms with Crippen LogP contribution in [0, 0.1) is 10.1 Å². The summed E-state index contributed by atoms with van der Waals surface area (Å²) < 4.78 is 24.2. The van der Waals surface area contributed by atoms with Gasteiger partial charge in [0.05, 0.1) is 9.82 Å². The van der Waals surface area contributed by atoms with Crippen LogP contribution in [0.3, 0.4) is 0 Å². The summed E-state index contributed by atoms with van der Waals surface area (Å²) in [5.74, 6) is -0.636. The third kappa shape index (κ3) is 2.59. The Morgan fingerprint density at radius 2 is 1.76 bits per heavy atom. The molecular weight excluding hydrogens is 248 g/mol. The third-order valence-corrected chi connectivity index (χ3v) is 4.00. The molecule has 0 aliphatic heterocycles. The average molecular weight is 258 g/mol. The molecule has 1 rings (SSSR count). The van der Waals surface area contributed by atoms with E-state index in [2.05, 4.69) is 0 Å². The zero-order valence-electron chi connectivity index (χ0n) is 9.15. The van der Waals surface area contributed by atoms with Crippen molar-refractivity contribution in [2.24, 2.45) is 0 Å². The summed E-state index contributed by atoms with van der Waals surface area (Å²) in [5, 5.41) is 10.4. The van der Waals surface area contributed by atoms with Gasteiger partial charge in [-0.2, -0.15) is 0 Å². The number of rotatable bonds is 3. The highest BCUT2D eigenvalue weighted by Gasteiger charge is 2.23. The minimum Gasteiger partial charge on any atom is -0.274 e. The number of nitrogens with zero attached hydrogens (tertiary/aromatic N) is 2. The number of hydrogen-bond acceptors (Lipinski definition) is 5. The van der Waals surface area contributed by atoms with E-state index in [0.717, 1.165) is 38.2 Å². The van der Waals surface area contributed by atoms with Crippen molar-refractivity contribution in [3.8, 4) is 0 Å². The Morgan fingerprint density at radius 1 is 1.29 bits per heavy atom. The zero-order valence-corrected chi connectivity index (χ0v) is 9.97. The van der Waals surface area contributed by atoms with Gasteiger partial charge >= 0.3 is 0 Å². The van der Waals surface area contributed by atoms with Crippen molar-refractivity contribution in [1.82, 2.24) is 4.31 Å². The van der Waals surface area contributed by atoms with Gasteiger partial charge in [0.25, 0.3) is 15.7 Å². The fraction of sp³-hybridized carbons (Fsp3) is 0.222. The van der Waals surface area contributed by atoms with Crippen molar-refractivity contribution < 1.29 is 18.1 Å². The Bertz CT molecular complexity index is 549. The number of carbonyl (C=O) groups excluding carboxylic acids is 1. The average Bonchev–Trinajstić information content (AvgIpc) is 2.27. The molecular formula is C9H10N2O5S. The van der Waals surface area contributed by atoms with Gasteiger partial charge in [0.15, 0.2) is 0 Å². The molecule has 0 aliphatic carbocycles. The van der Waals surface area contributed by atoms with E-state index >= 15 is 0 Å². The van der Waals surface area contributed by atoms with Crippen LogP contribution in [0.1, 0.15) is 6.92 Å². The van der Waals surface area contributed by atoms with Crippen LogP contribution in [0.15, 0.2) is 29.2 Å². The second kappa shape index (κ2) is 4.50. The van der Waals surface area contributed by atoms with Crippen molar-refractivity contribution in [2.45, 2.75) is 11.8 Å². The Kier molecular flexibility index (Phi) is 3.47. The molecule has 1 amide bonds. The molecule has 92 valence electrons. The molecule has 0 aromatic heterocycles. The molecule has 0 saturated heterocycles. The third-order valence-electron chi connectivity index (χ3n) is 2.15. The quantitative estimate of drug-likeness (QED) is 0.589. The zero-order chi connectivity index (χ0) is 13.2. The normalized spacial score (nSPS) is 10.9. The molecule has 0 saturated carbocycles. The maximum absolute atomic E-state index is 11.8. The number of sulfonamides is 1.